The molecular weight excluding hydrogens is 633 g/mol. The molecule has 0 aliphatic carbocycles. The average Bonchev–Trinajstić information content (AvgIpc) is 3.72. The maximum atomic E-state index is 13.8. The van der Waals surface area contributed by atoms with E-state index >= 15 is 0 Å². The van der Waals surface area contributed by atoms with Crippen molar-refractivity contribution in [3.8, 4) is 0 Å². The molecule has 3 fully saturated rings. The third kappa shape index (κ3) is 5.85. The van der Waals surface area contributed by atoms with Crippen molar-refractivity contribution < 1.29 is 48.3 Å². The van der Waals surface area contributed by atoms with Crippen LogP contribution >= 0.6 is 15.1 Å². The van der Waals surface area contributed by atoms with Gasteiger partial charge in [0, 0.05) is 6.66 Å². The number of hydrogen-bond acceptors (Lipinski definition) is 14. The number of H-pyrrole nitrogens is 1. The van der Waals surface area contributed by atoms with Gasteiger partial charge < -0.3 is 47.4 Å². The molecule has 244 valence electrons. The van der Waals surface area contributed by atoms with Gasteiger partial charge in [0.25, 0.3) is 5.56 Å². The maximum Gasteiger partial charge on any atom is 1.00 e. The smallest absolute Gasteiger partial charge is 0.387 e. The molecule has 45 heavy (non-hydrogen) atoms. The van der Waals surface area contributed by atoms with Crippen molar-refractivity contribution in [2.24, 2.45) is 0 Å². The number of nitrogens with one attached hydrogen (secondary N) is 1. The van der Waals surface area contributed by atoms with Gasteiger partial charge in [-0.2, -0.15) is 0 Å². The molecule has 6 heterocycles. The van der Waals surface area contributed by atoms with Crippen molar-refractivity contribution in [2.45, 2.75) is 63.4 Å². The predicted octanol–water partition coefficient (Wildman–Crippen LogP) is 0.857. The van der Waals surface area contributed by atoms with Gasteiger partial charge in [-0.15, -0.1) is 0 Å². The number of fused-ring (bicyclic) bond motifs is 5. The van der Waals surface area contributed by atoms with Crippen LogP contribution < -0.4 is 5.56 Å². The van der Waals surface area contributed by atoms with E-state index in [0.717, 1.165) is 0 Å². The van der Waals surface area contributed by atoms with Crippen LogP contribution in [0.5, 0.6) is 0 Å². The Labute approximate surface area is 258 Å². The van der Waals surface area contributed by atoms with Crippen LogP contribution in [0.25, 0.3) is 22.2 Å². The molecular formula is C25H35BN6O11P2. The highest BCUT2D eigenvalue weighted by molar-refractivity contribution is 7.79. The number of aliphatic hydroxyl groups is 2. The molecule has 0 radical (unpaired) electrons. The first-order valence-electron chi connectivity index (χ1n) is 13.3. The van der Waals surface area contributed by atoms with E-state index in [1.165, 1.54) is 23.9 Å². The minimum absolute atomic E-state index is 0. The fraction of sp³-hybridized carbons (Fsp3) is 0.520. The molecule has 10 atom stereocenters. The molecule has 3 aromatic heterocycles. The zero-order valence-corrected chi connectivity index (χ0v) is 24.5. The summed E-state index contributed by atoms with van der Waals surface area (Å²) >= 11 is 0. The molecule has 7 rings (SSSR count). The number of aliphatic hydroxyl groups excluding tert-OH is 2. The Morgan fingerprint density at radius 1 is 0.978 bits per heavy atom. The molecule has 4 aromatic rings. The molecule has 17 nitrogen and oxygen atoms in total. The molecule has 3 N–H and O–H groups in total. The Balaban J connectivity index is 0.00000208. The topological polar surface area (TPSA) is 211 Å². The Morgan fingerprint density at radius 2 is 1.69 bits per heavy atom. The molecule has 0 amide bonds. The second-order valence-corrected chi connectivity index (χ2v) is 13.4. The zero-order chi connectivity index (χ0) is 31.0. The van der Waals surface area contributed by atoms with Crippen LogP contribution in [-0.2, 0) is 36.7 Å². The molecule has 0 spiro atoms. The van der Waals surface area contributed by atoms with E-state index in [4.69, 9.17) is 27.6 Å². The number of rotatable bonds is 2. The molecule has 4 unspecified atom stereocenters. The molecule has 1 aromatic carbocycles. The monoisotopic (exact) mass is 668 g/mol. The van der Waals surface area contributed by atoms with Gasteiger partial charge in [-0.25, -0.2) is 15.0 Å². The lowest BCUT2D eigenvalue weighted by Gasteiger charge is -2.30. The Hall–Kier alpha value is -2.76. The minimum atomic E-state index is -3.92. The van der Waals surface area contributed by atoms with Gasteiger partial charge in [0.15, 0.2) is 23.6 Å². The van der Waals surface area contributed by atoms with Gasteiger partial charge >= 0.3 is 9.02 Å². The standard InChI is InChI=1S/C24H30BN6O11P2.CH4/c1-11-28-21-16(22(34)29-11)27-10-31(21)24-20-17(32)14(39-24)7-37-43(2,35)41-19-15(8-38-44(25,36)42-20)40-23(18(19)33)30-9-26-12-5-3-4-6-13(12)30;/h3-6,9-10,14-15,17-20,23-24,32-33H,7-8H2,1-2,25H3,(H,28,29,34);1H4/q-1;/p+1/t14-,15-,17?,18+,19?,20+,23-,24-,43?,44?;/m1./s1. The summed E-state index contributed by atoms with van der Waals surface area (Å²) in [5.74, 6) is 0.324. The number of nitrogens with zero attached hydrogens (tertiary/aromatic N) is 5. The molecule has 3 aliphatic heterocycles. The zero-order valence-electron chi connectivity index (χ0n) is 23.7. The first kappa shape index (κ1) is 32.2. The molecule has 3 aliphatic rings. The summed E-state index contributed by atoms with van der Waals surface area (Å²) in [6.07, 6.45) is -6.61. The summed E-state index contributed by atoms with van der Waals surface area (Å²) in [4.78, 5) is 27.9. The molecule has 20 heteroatoms. The Kier molecular flexibility index (Phi) is 8.44. The maximum absolute atomic E-state index is 13.8. The molecule has 0 saturated carbocycles. The van der Waals surface area contributed by atoms with Crippen molar-refractivity contribution in [3.63, 3.8) is 0 Å². The van der Waals surface area contributed by atoms with Crippen molar-refractivity contribution in [1.29, 1.82) is 0 Å². The number of hydrogen-bond donors (Lipinski definition) is 3. The normalized spacial score (nSPS) is 37.4. The Bertz CT molecular complexity index is 1890. The number of benzene rings is 1. The average molecular weight is 668 g/mol. The number of imidazole rings is 2. The lowest BCUT2D eigenvalue weighted by molar-refractivity contribution is -0.0583. The third-order valence-corrected chi connectivity index (χ3v) is 9.56. The van der Waals surface area contributed by atoms with Crippen molar-refractivity contribution in [3.05, 3.63) is 53.1 Å². The highest BCUT2D eigenvalue weighted by Crippen LogP contribution is 2.53. The van der Waals surface area contributed by atoms with Crippen molar-refractivity contribution in [2.75, 3.05) is 19.9 Å². The van der Waals surface area contributed by atoms with Crippen molar-refractivity contribution in [1.82, 2.24) is 29.1 Å². The van der Waals surface area contributed by atoms with Gasteiger partial charge in [-0.3, -0.25) is 18.5 Å². The van der Waals surface area contributed by atoms with E-state index < -0.39 is 83.9 Å². The lowest BCUT2D eigenvalue weighted by Crippen LogP contribution is -2.36. The predicted molar refractivity (Wildman–Crippen MR) is 163 cm³/mol. The first-order valence-corrected chi connectivity index (χ1v) is 16.4. The summed E-state index contributed by atoms with van der Waals surface area (Å²) in [5, 5.41) is 22.6. The highest BCUT2D eigenvalue weighted by Gasteiger charge is 2.52. The number of para-hydroxylation sites is 2. The van der Waals surface area contributed by atoms with Gasteiger partial charge in [0.05, 0.1) is 44.5 Å². The van der Waals surface area contributed by atoms with Gasteiger partial charge in [0.1, 0.15) is 49.9 Å². The number of aryl methyl sites for hydroxylation is 1. The number of aromatic amines is 1. The summed E-state index contributed by atoms with van der Waals surface area (Å²) in [6, 6.07) is 7.28. The summed E-state index contributed by atoms with van der Waals surface area (Å²) in [7, 11) is -8.82. The Morgan fingerprint density at radius 3 is 2.49 bits per heavy atom. The van der Waals surface area contributed by atoms with Gasteiger partial charge in [-0.1, -0.05) is 19.6 Å². The van der Waals surface area contributed by atoms with E-state index in [9.17, 15) is 24.1 Å². The van der Waals surface area contributed by atoms with E-state index in [2.05, 4.69) is 19.9 Å². The van der Waals surface area contributed by atoms with E-state index in [1.807, 2.05) is 24.3 Å². The fourth-order valence-corrected chi connectivity index (χ4v) is 7.47. The van der Waals surface area contributed by atoms with Crippen LogP contribution in [0, 0.1) is 6.92 Å². The summed E-state index contributed by atoms with van der Waals surface area (Å²) in [6.45, 7) is 2.09. The van der Waals surface area contributed by atoms with Crippen LogP contribution in [0.2, 0.25) is 0 Å². The molecule has 3 saturated heterocycles. The second kappa shape index (κ2) is 11.8. The third-order valence-electron chi connectivity index (χ3n) is 7.54. The lowest BCUT2D eigenvalue weighted by atomic mass is 10.1. The second-order valence-electron chi connectivity index (χ2n) is 10.5. The number of aromatic nitrogens is 6. The van der Waals surface area contributed by atoms with E-state index in [1.54, 1.807) is 11.5 Å². The van der Waals surface area contributed by atoms with Crippen LogP contribution in [0.4, 0.5) is 0 Å². The largest absolute Gasteiger partial charge is 1.00 e. The minimum Gasteiger partial charge on any atom is -0.387 e. The fourth-order valence-electron chi connectivity index (χ4n) is 5.53. The van der Waals surface area contributed by atoms with Crippen molar-refractivity contribution >= 4 is 44.8 Å². The first-order chi connectivity index (χ1) is 20.9. The number of ether oxygens (including phenoxy) is 2. The van der Waals surface area contributed by atoms with E-state index in [-0.39, 0.29) is 26.6 Å². The van der Waals surface area contributed by atoms with Crippen LogP contribution in [0.3, 0.4) is 0 Å². The van der Waals surface area contributed by atoms with Gasteiger partial charge in [0.2, 0.25) is 0 Å². The molecule has 2 bridgehead atoms. The summed E-state index contributed by atoms with van der Waals surface area (Å²) < 4.78 is 66.0. The van der Waals surface area contributed by atoms with Crippen LogP contribution in [0.1, 0.15) is 27.1 Å². The quantitative estimate of drug-likeness (QED) is 0.200. The van der Waals surface area contributed by atoms with Crippen LogP contribution in [-0.4, -0.2) is 103 Å². The SMILES string of the molecule is C.[BH3-]P1(=O)OC[C@H]2O[C@@H](n3cnc4ccccc43)[C@@H](O)C2OP(C)(=O)OC[C@H]2O[C@@H](n3cnc4c(=O)[nH]c(C)nc43)[C@@H](O1)C2O.[H+]. The summed E-state index contributed by atoms with van der Waals surface area (Å²) in [5.41, 5.74) is 1.11. The van der Waals surface area contributed by atoms with Crippen LogP contribution in [0.15, 0.2) is 41.7 Å². The highest BCUT2D eigenvalue weighted by atomic mass is 31.2. The van der Waals surface area contributed by atoms with E-state index in [0.29, 0.717) is 16.9 Å². The van der Waals surface area contributed by atoms with Gasteiger partial charge in [-0.05, 0) is 19.1 Å².